The van der Waals surface area contributed by atoms with Gasteiger partial charge in [0.05, 0.1) is 31.2 Å². The number of carbonyl (C=O) groups is 1. The van der Waals surface area contributed by atoms with Gasteiger partial charge in [0.15, 0.2) is 18.8 Å². The molecule has 6 nitrogen and oxygen atoms in total. The van der Waals surface area contributed by atoms with E-state index in [4.69, 9.17) is 9.47 Å². The number of aliphatic hydroxyl groups is 1. The van der Waals surface area contributed by atoms with E-state index in [-0.39, 0.29) is 13.2 Å². The zero-order chi connectivity index (χ0) is 15.5. The van der Waals surface area contributed by atoms with E-state index in [1.54, 1.807) is 9.80 Å². The van der Waals surface area contributed by atoms with Gasteiger partial charge >= 0.3 is 0 Å². The molecule has 0 aromatic heterocycles. The van der Waals surface area contributed by atoms with Crippen molar-refractivity contribution in [3.8, 4) is 0 Å². The maximum atomic E-state index is 14.2. The molecule has 1 aromatic rings. The first-order valence-corrected chi connectivity index (χ1v) is 7.30. The van der Waals surface area contributed by atoms with E-state index in [0.29, 0.717) is 31.7 Å². The zero-order valence-electron chi connectivity index (χ0n) is 12.1. The van der Waals surface area contributed by atoms with E-state index in [1.165, 1.54) is 0 Å². The molecule has 0 saturated carbocycles. The smallest absolute Gasteiger partial charge is 0.196 e. The summed E-state index contributed by atoms with van der Waals surface area (Å²) < 4.78 is 24.8. The number of rotatable bonds is 4. The van der Waals surface area contributed by atoms with Crippen molar-refractivity contribution >= 4 is 17.7 Å². The van der Waals surface area contributed by atoms with Gasteiger partial charge in [0, 0.05) is 13.1 Å². The molecule has 3 unspecified atom stereocenters. The Hall–Kier alpha value is -1.70. The number of alkyl halides is 1. The topological polar surface area (TPSA) is 62.2 Å². The Morgan fingerprint density at radius 1 is 1.32 bits per heavy atom. The Balaban J connectivity index is 1.92. The van der Waals surface area contributed by atoms with Crippen LogP contribution in [0.5, 0.6) is 0 Å². The van der Waals surface area contributed by atoms with Crippen LogP contribution in [0, 0.1) is 0 Å². The number of ether oxygens (including phenoxy) is 2. The predicted molar refractivity (Wildman–Crippen MR) is 78.7 cm³/mol. The largest absolute Gasteiger partial charge is 0.394 e. The average Bonchev–Trinajstić information content (AvgIpc) is 2.99. The van der Waals surface area contributed by atoms with Crippen LogP contribution in [0.25, 0.3) is 0 Å². The summed E-state index contributed by atoms with van der Waals surface area (Å²) in [5, 5.41) is 9.25. The zero-order valence-corrected chi connectivity index (χ0v) is 12.1. The van der Waals surface area contributed by atoms with Crippen LogP contribution in [0.4, 0.5) is 15.8 Å². The summed E-state index contributed by atoms with van der Waals surface area (Å²) in [6.07, 6.45) is -1.72. The number of aliphatic hydroxyl groups excluding tert-OH is 1. The van der Waals surface area contributed by atoms with Gasteiger partial charge in [-0.15, -0.1) is 0 Å². The standard InChI is InChI=1S/C15H19FN2O4/c16-14-10-21-6-5-17(14)12-3-1-2-4-13(12)18-7-11(8-19)22-15(18)9-20/h1-4,9,11,14-15,19H,5-8,10H2. The minimum Gasteiger partial charge on any atom is -0.394 e. The molecular formula is C15H19FN2O4. The Kier molecular flexibility index (Phi) is 4.56. The lowest BCUT2D eigenvalue weighted by Crippen LogP contribution is -2.44. The van der Waals surface area contributed by atoms with E-state index in [2.05, 4.69) is 0 Å². The van der Waals surface area contributed by atoms with E-state index >= 15 is 0 Å². The molecule has 22 heavy (non-hydrogen) atoms. The lowest BCUT2D eigenvalue weighted by molar-refractivity contribution is -0.117. The van der Waals surface area contributed by atoms with Crippen LogP contribution in [0.3, 0.4) is 0 Å². The van der Waals surface area contributed by atoms with Crippen LogP contribution in [0.15, 0.2) is 24.3 Å². The predicted octanol–water partition coefficient (Wildman–Crippen LogP) is 0.541. The van der Waals surface area contributed by atoms with Crippen LogP contribution < -0.4 is 9.80 Å². The van der Waals surface area contributed by atoms with Gasteiger partial charge in [-0.05, 0) is 12.1 Å². The van der Waals surface area contributed by atoms with Crippen molar-refractivity contribution in [1.29, 1.82) is 0 Å². The molecule has 1 aromatic carbocycles. The highest BCUT2D eigenvalue weighted by Gasteiger charge is 2.35. The van der Waals surface area contributed by atoms with Gasteiger partial charge in [-0.3, -0.25) is 4.79 Å². The quantitative estimate of drug-likeness (QED) is 0.647. The normalized spacial score (nSPS) is 28.9. The fraction of sp³-hybridized carbons (Fsp3) is 0.533. The summed E-state index contributed by atoms with van der Waals surface area (Å²) in [6, 6.07) is 7.32. The second-order valence-electron chi connectivity index (χ2n) is 5.31. The van der Waals surface area contributed by atoms with Crippen LogP contribution in [-0.2, 0) is 14.3 Å². The molecule has 3 rings (SSSR count). The molecule has 2 heterocycles. The van der Waals surface area contributed by atoms with Gasteiger partial charge in [-0.25, -0.2) is 4.39 Å². The molecule has 0 radical (unpaired) electrons. The average molecular weight is 310 g/mol. The number of aldehydes is 1. The first-order chi connectivity index (χ1) is 10.7. The van der Waals surface area contributed by atoms with Crippen molar-refractivity contribution < 1.29 is 23.8 Å². The highest BCUT2D eigenvalue weighted by atomic mass is 19.1. The molecular weight excluding hydrogens is 291 g/mol. The summed E-state index contributed by atoms with van der Waals surface area (Å²) in [5.41, 5.74) is 1.42. The summed E-state index contributed by atoms with van der Waals surface area (Å²) in [4.78, 5) is 14.6. The summed E-state index contributed by atoms with van der Waals surface area (Å²) >= 11 is 0. The summed E-state index contributed by atoms with van der Waals surface area (Å²) in [7, 11) is 0. The molecule has 2 aliphatic rings. The van der Waals surface area contributed by atoms with Crippen LogP contribution in [0.2, 0.25) is 0 Å². The third-order valence-corrected chi connectivity index (χ3v) is 3.93. The fourth-order valence-corrected chi connectivity index (χ4v) is 2.87. The maximum Gasteiger partial charge on any atom is 0.196 e. The van der Waals surface area contributed by atoms with Gasteiger partial charge in [-0.2, -0.15) is 0 Å². The van der Waals surface area contributed by atoms with Crippen molar-refractivity contribution in [3.63, 3.8) is 0 Å². The molecule has 2 saturated heterocycles. The SMILES string of the molecule is O=CC1OC(CO)CN1c1ccccc1N1CCOCC1F. The third-order valence-electron chi connectivity index (χ3n) is 3.93. The number of halogens is 1. The van der Waals surface area contributed by atoms with Crippen LogP contribution >= 0.6 is 0 Å². The number of anilines is 2. The van der Waals surface area contributed by atoms with Gasteiger partial charge in [0.2, 0.25) is 0 Å². The van der Waals surface area contributed by atoms with Crippen molar-refractivity contribution in [2.24, 2.45) is 0 Å². The number of benzene rings is 1. The van der Waals surface area contributed by atoms with Crippen LogP contribution in [-0.4, -0.2) is 62.9 Å². The van der Waals surface area contributed by atoms with Gasteiger partial charge in [0.25, 0.3) is 0 Å². The third kappa shape index (κ3) is 2.79. The molecule has 0 spiro atoms. The Morgan fingerprint density at radius 3 is 2.68 bits per heavy atom. The van der Waals surface area contributed by atoms with E-state index in [9.17, 15) is 14.3 Å². The number of para-hydroxylation sites is 2. The number of morpholine rings is 1. The molecule has 0 amide bonds. The van der Waals surface area contributed by atoms with Gasteiger partial charge in [-0.1, -0.05) is 12.1 Å². The molecule has 2 fully saturated rings. The summed E-state index contributed by atoms with van der Waals surface area (Å²) in [6.45, 7) is 1.16. The lowest BCUT2D eigenvalue weighted by atomic mass is 10.2. The minimum atomic E-state index is -1.22. The molecule has 120 valence electrons. The van der Waals surface area contributed by atoms with E-state index in [0.717, 1.165) is 5.69 Å². The molecule has 1 N–H and O–H groups in total. The monoisotopic (exact) mass is 310 g/mol. The first kappa shape index (κ1) is 15.2. The Morgan fingerprint density at radius 2 is 2.05 bits per heavy atom. The Bertz CT molecular complexity index is 530. The molecule has 0 aliphatic carbocycles. The van der Waals surface area contributed by atoms with Gasteiger partial charge < -0.3 is 24.4 Å². The Labute approximate surface area is 128 Å². The van der Waals surface area contributed by atoms with Crippen molar-refractivity contribution in [1.82, 2.24) is 0 Å². The molecule has 2 aliphatic heterocycles. The number of carbonyl (C=O) groups excluding carboxylic acids is 1. The van der Waals surface area contributed by atoms with E-state index in [1.807, 2.05) is 24.3 Å². The molecule has 7 heteroatoms. The number of nitrogens with zero attached hydrogens (tertiary/aromatic N) is 2. The van der Waals surface area contributed by atoms with Crippen molar-refractivity contribution in [3.05, 3.63) is 24.3 Å². The van der Waals surface area contributed by atoms with Gasteiger partial charge in [0.1, 0.15) is 6.10 Å². The maximum absolute atomic E-state index is 14.2. The highest BCUT2D eigenvalue weighted by Crippen LogP contribution is 2.35. The number of hydrogen-bond donors (Lipinski definition) is 1. The minimum absolute atomic E-state index is 0.0290. The lowest BCUT2D eigenvalue weighted by Gasteiger charge is -2.35. The molecule has 0 bridgehead atoms. The highest BCUT2D eigenvalue weighted by molar-refractivity contribution is 5.76. The van der Waals surface area contributed by atoms with Crippen molar-refractivity contribution in [2.45, 2.75) is 18.6 Å². The van der Waals surface area contributed by atoms with E-state index < -0.39 is 18.6 Å². The molecule has 3 atom stereocenters. The summed E-state index contributed by atoms with van der Waals surface area (Å²) in [5.74, 6) is 0. The second kappa shape index (κ2) is 6.60. The number of hydrogen-bond acceptors (Lipinski definition) is 6. The second-order valence-corrected chi connectivity index (χ2v) is 5.31. The fourth-order valence-electron chi connectivity index (χ4n) is 2.87. The van der Waals surface area contributed by atoms with Crippen molar-refractivity contribution in [2.75, 3.05) is 42.7 Å². The van der Waals surface area contributed by atoms with Crippen LogP contribution in [0.1, 0.15) is 0 Å². The first-order valence-electron chi connectivity index (χ1n) is 7.30.